The van der Waals surface area contributed by atoms with Gasteiger partial charge in [-0.25, -0.2) is 0 Å². The maximum atomic E-state index is 13.4. The van der Waals surface area contributed by atoms with Crippen molar-refractivity contribution in [1.82, 2.24) is 19.1 Å². The molecule has 1 fully saturated rings. The van der Waals surface area contributed by atoms with Crippen molar-refractivity contribution in [2.75, 3.05) is 17.8 Å². The zero-order valence-corrected chi connectivity index (χ0v) is 17.8. The van der Waals surface area contributed by atoms with Crippen molar-refractivity contribution in [2.24, 2.45) is 7.05 Å². The van der Waals surface area contributed by atoms with Gasteiger partial charge in [-0.2, -0.15) is 17.8 Å². The molecule has 0 amide bonds. The van der Waals surface area contributed by atoms with E-state index in [1.807, 2.05) is 25.4 Å². The van der Waals surface area contributed by atoms with Crippen LogP contribution in [-0.4, -0.2) is 40.6 Å². The van der Waals surface area contributed by atoms with E-state index in [-0.39, 0.29) is 5.43 Å². The van der Waals surface area contributed by atoms with Crippen LogP contribution in [0.1, 0.15) is 12.8 Å². The summed E-state index contributed by atoms with van der Waals surface area (Å²) in [6, 6.07) is 10.5. The Morgan fingerprint density at radius 2 is 1.74 bits per heavy atom. The quantitative estimate of drug-likeness (QED) is 0.532. The van der Waals surface area contributed by atoms with Gasteiger partial charge in [0.25, 0.3) is 0 Å². The number of hydrogen-bond acceptors (Lipinski definition) is 5. The van der Waals surface area contributed by atoms with Crippen LogP contribution in [0.4, 0.5) is 5.69 Å². The minimum atomic E-state index is -3.63. The van der Waals surface area contributed by atoms with Crippen molar-refractivity contribution < 1.29 is 8.42 Å². The van der Waals surface area contributed by atoms with Crippen LogP contribution < -0.4 is 10.2 Å². The average Bonchev–Trinajstić information content (AvgIpc) is 3.42. The van der Waals surface area contributed by atoms with Crippen LogP contribution in [-0.2, 0) is 17.3 Å². The predicted molar refractivity (Wildman–Crippen MR) is 121 cm³/mol. The molecule has 0 unspecified atom stereocenters. The molecule has 0 spiro atoms. The number of pyridine rings is 1. The molecule has 8 nitrogen and oxygen atoms in total. The highest BCUT2D eigenvalue weighted by Gasteiger charge is 2.25. The zero-order valence-electron chi connectivity index (χ0n) is 16.9. The lowest BCUT2D eigenvalue weighted by Crippen LogP contribution is -2.33. The molecule has 2 aromatic heterocycles. The Morgan fingerprint density at radius 3 is 2.48 bits per heavy atom. The Bertz CT molecular complexity index is 1470. The molecule has 0 atom stereocenters. The molecular weight excluding hydrogens is 414 g/mol. The fourth-order valence-electron chi connectivity index (χ4n) is 3.94. The van der Waals surface area contributed by atoms with Gasteiger partial charge in [0.2, 0.25) is 0 Å². The van der Waals surface area contributed by atoms with Crippen molar-refractivity contribution in [1.29, 1.82) is 0 Å². The third kappa shape index (κ3) is 3.66. The van der Waals surface area contributed by atoms with Gasteiger partial charge in [0.05, 0.1) is 17.4 Å². The van der Waals surface area contributed by atoms with E-state index in [0.717, 1.165) is 29.4 Å². The second-order valence-corrected chi connectivity index (χ2v) is 9.41. The van der Waals surface area contributed by atoms with Crippen LogP contribution in [0, 0.1) is 0 Å². The molecule has 0 saturated carbocycles. The number of aromatic nitrogens is 3. The van der Waals surface area contributed by atoms with Gasteiger partial charge in [0.1, 0.15) is 0 Å². The lowest BCUT2D eigenvalue weighted by atomic mass is 10.1. The van der Waals surface area contributed by atoms with Crippen LogP contribution in [0.3, 0.4) is 0 Å². The molecule has 31 heavy (non-hydrogen) atoms. The minimum absolute atomic E-state index is 0.199. The van der Waals surface area contributed by atoms with Gasteiger partial charge >= 0.3 is 10.2 Å². The highest BCUT2D eigenvalue weighted by Crippen LogP contribution is 2.24. The van der Waals surface area contributed by atoms with Gasteiger partial charge in [0.15, 0.2) is 5.43 Å². The highest BCUT2D eigenvalue weighted by atomic mass is 32.2. The first-order valence-corrected chi connectivity index (χ1v) is 11.5. The van der Waals surface area contributed by atoms with E-state index < -0.39 is 10.2 Å². The summed E-state index contributed by atoms with van der Waals surface area (Å²) in [5.74, 6) is 0. The average molecular weight is 436 g/mol. The number of aryl methyl sites for hydroxylation is 1. The molecule has 5 rings (SSSR count). The van der Waals surface area contributed by atoms with E-state index in [1.54, 1.807) is 41.3 Å². The SMILES string of the molecule is Cn1cc(-c2cnc3ccc4ccc(NS(=O)(=O)N5CCCC5)cc4c(=O)c3c2)cn1. The van der Waals surface area contributed by atoms with E-state index in [4.69, 9.17) is 0 Å². The monoisotopic (exact) mass is 435 g/mol. The van der Waals surface area contributed by atoms with E-state index in [1.165, 1.54) is 4.31 Å². The maximum Gasteiger partial charge on any atom is 0.301 e. The summed E-state index contributed by atoms with van der Waals surface area (Å²) in [4.78, 5) is 17.9. The Morgan fingerprint density at radius 1 is 0.968 bits per heavy atom. The van der Waals surface area contributed by atoms with Gasteiger partial charge < -0.3 is 0 Å². The summed E-state index contributed by atoms with van der Waals surface area (Å²) in [5.41, 5.74) is 2.41. The van der Waals surface area contributed by atoms with Crippen molar-refractivity contribution in [3.8, 4) is 11.1 Å². The van der Waals surface area contributed by atoms with Crippen LogP contribution in [0.25, 0.3) is 32.8 Å². The summed E-state index contributed by atoms with van der Waals surface area (Å²) in [6.45, 7) is 1.02. The number of nitrogens with zero attached hydrogens (tertiary/aromatic N) is 4. The normalized spacial score (nSPS) is 15.0. The molecule has 2 aromatic carbocycles. The van der Waals surface area contributed by atoms with Gasteiger partial charge in [-0.3, -0.25) is 19.2 Å². The summed E-state index contributed by atoms with van der Waals surface area (Å²) in [7, 11) is -1.81. The van der Waals surface area contributed by atoms with E-state index in [9.17, 15) is 13.2 Å². The molecule has 158 valence electrons. The van der Waals surface area contributed by atoms with Crippen LogP contribution in [0.15, 0.2) is 59.8 Å². The molecule has 0 bridgehead atoms. The van der Waals surface area contributed by atoms with Crippen molar-refractivity contribution in [3.05, 3.63) is 65.2 Å². The summed E-state index contributed by atoms with van der Waals surface area (Å²) in [6.07, 6.45) is 7.02. The van der Waals surface area contributed by atoms with Gasteiger partial charge in [-0.05, 0) is 42.5 Å². The molecule has 1 aliphatic rings. The van der Waals surface area contributed by atoms with Gasteiger partial charge in [-0.15, -0.1) is 0 Å². The van der Waals surface area contributed by atoms with Gasteiger partial charge in [0, 0.05) is 54.4 Å². The number of benzene rings is 1. The molecule has 4 aromatic rings. The maximum absolute atomic E-state index is 13.4. The fourth-order valence-corrected chi connectivity index (χ4v) is 5.23. The second kappa shape index (κ2) is 7.44. The molecular formula is C22H21N5O3S. The Labute approximate surface area is 179 Å². The fraction of sp³-hybridized carbons (Fsp3) is 0.227. The Hall–Kier alpha value is -3.30. The molecule has 9 heteroatoms. The Kier molecular flexibility index (Phi) is 4.71. The molecule has 3 heterocycles. The Balaban J connectivity index is 1.63. The van der Waals surface area contributed by atoms with E-state index in [0.29, 0.717) is 35.1 Å². The number of anilines is 1. The number of hydrogen-bond donors (Lipinski definition) is 1. The molecule has 0 aliphatic carbocycles. The first kappa shape index (κ1) is 19.7. The van der Waals surface area contributed by atoms with Crippen LogP contribution in [0.5, 0.6) is 0 Å². The minimum Gasteiger partial charge on any atom is -0.289 e. The highest BCUT2D eigenvalue weighted by molar-refractivity contribution is 7.90. The molecule has 1 N–H and O–H groups in total. The third-order valence-electron chi connectivity index (χ3n) is 5.57. The topological polar surface area (TPSA) is 97.2 Å². The first-order chi connectivity index (χ1) is 14.9. The first-order valence-electron chi connectivity index (χ1n) is 10.0. The molecule has 0 radical (unpaired) electrons. The van der Waals surface area contributed by atoms with Crippen molar-refractivity contribution in [2.45, 2.75) is 12.8 Å². The van der Waals surface area contributed by atoms with Crippen molar-refractivity contribution in [3.63, 3.8) is 0 Å². The van der Waals surface area contributed by atoms with Gasteiger partial charge in [-0.1, -0.05) is 12.1 Å². The van der Waals surface area contributed by atoms with Crippen LogP contribution in [0.2, 0.25) is 0 Å². The second-order valence-electron chi connectivity index (χ2n) is 7.74. The van der Waals surface area contributed by atoms with E-state index >= 15 is 0 Å². The van der Waals surface area contributed by atoms with Crippen molar-refractivity contribution >= 4 is 37.6 Å². The number of nitrogens with one attached hydrogen (secondary N) is 1. The summed E-state index contributed by atoms with van der Waals surface area (Å²) < 4.78 is 31.0. The smallest absolute Gasteiger partial charge is 0.289 e. The summed E-state index contributed by atoms with van der Waals surface area (Å²) >= 11 is 0. The number of rotatable bonds is 4. The predicted octanol–water partition coefficient (Wildman–Crippen LogP) is 2.90. The van der Waals surface area contributed by atoms with Crippen LogP contribution >= 0.6 is 0 Å². The third-order valence-corrected chi connectivity index (χ3v) is 7.11. The number of fused-ring (bicyclic) bond motifs is 2. The molecule has 1 aliphatic heterocycles. The van der Waals surface area contributed by atoms with E-state index in [2.05, 4.69) is 14.8 Å². The standard InChI is InChI=1S/C22H21N5O3S/c1-26-14-17(13-24-26)16-10-20-21(23-12-16)7-5-15-4-6-18(11-19(15)22(20)28)25-31(29,30)27-8-2-3-9-27/h4-7,10-14,25H,2-3,8-9H2,1H3. The largest absolute Gasteiger partial charge is 0.301 e. The zero-order chi connectivity index (χ0) is 21.6. The lowest BCUT2D eigenvalue weighted by molar-refractivity contribution is 0.482. The summed E-state index contributed by atoms with van der Waals surface area (Å²) in [5, 5.41) is 5.80. The lowest BCUT2D eigenvalue weighted by Gasteiger charge is -2.16. The molecule has 1 saturated heterocycles.